The van der Waals surface area contributed by atoms with E-state index in [-0.39, 0.29) is 11.5 Å². The lowest BCUT2D eigenvalue weighted by molar-refractivity contribution is 0.102. The summed E-state index contributed by atoms with van der Waals surface area (Å²) in [5, 5.41) is 7.04. The number of para-hydroxylation sites is 1. The molecular formula is C17H11Cl3N4O. The number of nitrogens with zero attached hydrogens (tertiary/aromatic N) is 2. The molecule has 0 aliphatic rings. The van der Waals surface area contributed by atoms with E-state index in [1.807, 2.05) is 12.1 Å². The fourth-order valence-corrected chi connectivity index (χ4v) is 2.62. The van der Waals surface area contributed by atoms with Crippen LogP contribution in [0.1, 0.15) is 10.4 Å². The quantitative estimate of drug-likeness (QED) is 0.620. The van der Waals surface area contributed by atoms with Gasteiger partial charge >= 0.3 is 0 Å². The number of hydrogen-bond donors (Lipinski definition) is 2. The number of halogens is 3. The maximum Gasteiger partial charge on any atom is 0.258 e. The van der Waals surface area contributed by atoms with E-state index in [1.54, 1.807) is 30.3 Å². The summed E-state index contributed by atoms with van der Waals surface area (Å²) < 4.78 is 0. The molecule has 25 heavy (non-hydrogen) atoms. The van der Waals surface area contributed by atoms with E-state index in [1.165, 1.54) is 12.4 Å². The minimum atomic E-state index is -0.381. The Bertz CT molecular complexity index is 916. The molecular weight excluding hydrogens is 383 g/mol. The number of amides is 1. The van der Waals surface area contributed by atoms with Crippen LogP contribution in [-0.2, 0) is 0 Å². The maximum absolute atomic E-state index is 12.3. The molecule has 0 fully saturated rings. The predicted octanol–water partition coefficient (Wildman–Crippen LogP) is 5.43. The molecule has 0 atom stereocenters. The largest absolute Gasteiger partial charge is 0.323 e. The van der Waals surface area contributed by atoms with Crippen LogP contribution in [0.5, 0.6) is 0 Å². The molecule has 0 bridgehead atoms. The van der Waals surface area contributed by atoms with Gasteiger partial charge in [0.05, 0.1) is 27.0 Å². The molecule has 2 N–H and O–H groups in total. The van der Waals surface area contributed by atoms with Gasteiger partial charge in [-0.15, -0.1) is 0 Å². The molecule has 8 heteroatoms. The third-order valence-electron chi connectivity index (χ3n) is 3.21. The van der Waals surface area contributed by atoms with Gasteiger partial charge in [0, 0.05) is 17.4 Å². The number of rotatable bonds is 4. The second-order valence-electron chi connectivity index (χ2n) is 4.98. The van der Waals surface area contributed by atoms with Gasteiger partial charge in [0.2, 0.25) is 5.95 Å². The fourth-order valence-electron chi connectivity index (χ4n) is 1.98. The number of anilines is 3. The Hall–Kier alpha value is -2.34. The van der Waals surface area contributed by atoms with Crippen LogP contribution in [0.2, 0.25) is 15.1 Å². The molecule has 5 nitrogen and oxygen atoms in total. The minimum Gasteiger partial charge on any atom is -0.323 e. The molecule has 1 heterocycles. The van der Waals surface area contributed by atoms with E-state index < -0.39 is 0 Å². The van der Waals surface area contributed by atoms with Crippen LogP contribution in [0.3, 0.4) is 0 Å². The summed E-state index contributed by atoms with van der Waals surface area (Å²) in [5.41, 5.74) is 1.42. The first-order valence-electron chi connectivity index (χ1n) is 7.13. The van der Waals surface area contributed by atoms with Crippen LogP contribution in [-0.4, -0.2) is 15.9 Å². The standard InChI is InChI=1S/C17H11Cl3N4O/c18-11-5-6-15(13(20)7-11)23-16(25)10-8-21-17(22-9-10)24-14-4-2-1-3-12(14)19/h1-9H,(H,23,25)(H,21,22,24). The van der Waals surface area contributed by atoms with Crippen molar-refractivity contribution >= 4 is 58.0 Å². The van der Waals surface area contributed by atoms with Gasteiger partial charge in [-0.25, -0.2) is 9.97 Å². The topological polar surface area (TPSA) is 66.9 Å². The van der Waals surface area contributed by atoms with Crippen LogP contribution in [0.25, 0.3) is 0 Å². The zero-order valence-electron chi connectivity index (χ0n) is 12.6. The lowest BCUT2D eigenvalue weighted by Crippen LogP contribution is -2.13. The molecule has 0 aliphatic carbocycles. The normalized spacial score (nSPS) is 10.4. The van der Waals surface area contributed by atoms with Crippen molar-refractivity contribution in [3.63, 3.8) is 0 Å². The predicted molar refractivity (Wildman–Crippen MR) is 101 cm³/mol. The minimum absolute atomic E-state index is 0.288. The van der Waals surface area contributed by atoms with Crippen LogP contribution >= 0.6 is 34.8 Å². The van der Waals surface area contributed by atoms with Crippen LogP contribution in [0.15, 0.2) is 54.9 Å². The van der Waals surface area contributed by atoms with Crippen molar-refractivity contribution in [1.82, 2.24) is 9.97 Å². The van der Waals surface area contributed by atoms with Gasteiger partial charge in [-0.3, -0.25) is 4.79 Å². The molecule has 0 saturated heterocycles. The summed E-state index contributed by atoms with van der Waals surface area (Å²) >= 11 is 17.9. The highest BCUT2D eigenvalue weighted by Crippen LogP contribution is 2.26. The number of carbonyl (C=O) groups is 1. The smallest absolute Gasteiger partial charge is 0.258 e. The van der Waals surface area contributed by atoms with Gasteiger partial charge in [0.1, 0.15) is 0 Å². The number of aromatic nitrogens is 2. The molecule has 126 valence electrons. The molecule has 1 aromatic heterocycles. The van der Waals surface area contributed by atoms with Crippen molar-refractivity contribution in [2.45, 2.75) is 0 Å². The lowest BCUT2D eigenvalue weighted by atomic mass is 10.2. The van der Waals surface area contributed by atoms with E-state index in [9.17, 15) is 4.79 Å². The average Bonchev–Trinajstić information content (AvgIpc) is 2.60. The maximum atomic E-state index is 12.3. The van der Waals surface area contributed by atoms with Crippen LogP contribution < -0.4 is 10.6 Å². The number of benzene rings is 2. The van der Waals surface area contributed by atoms with E-state index in [4.69, 9.17) is 34.8 Å². The third-order valence-corrected chi connectivity index (χ3v) is 4.09. The van der Waals surface area contributed by atoms with E-state index in [0.717, 1.165) is 0 Å². The summed E-state index contributed by atoms with van der Waals surface area (Å²) in [5.74, 6) is -0.0531. The molecule has 3 rings (SSSR count). The van der Waals surface area contributed by atoms with Gasteiger partial charge in [-0.2, -0.15) is 0 Å². The van der Waals surface area contributed by atoms with Crippen LogP contribution in [0, 0.1) is 0 Å². The molecule has 0 unspecified atom stereocenters. The Balaban J connectivity index is 1.71. The summed E-state index contributed by atoms with van der Waals surface area (Å²) in [7, 11) is 0. The van der Waals surface area contributed by atoms with Gasteiger partial charge < -0.3 is 10.6 Å². The van der Waals surface area contributed by atoms with Crippen molar-refractivity contribution in [2.24, 2.45) is 0 Å². The molecule has 0 spiro atoms. The third kappa shape index (κ3) is 4.39. The van der Waals surface area contributed by atoms with Gasteiger partial charge in [0.25, 0.3) is 5.91 Å². The van der Waals surface area contributed by atoms with Crippen molar-refractivity contribution in [2.75, 3.05) is 10.6 Å². The Morgan fingerprint density at radius 2 is 1.60 bits per heavy atom. The fraction of sp³-hybridized carbons (Fsp3) is 0. The van der Waals surface area contributed by atoms with Crippen molar-refractivity contribution in [1.29, 1.82) is 0 Å². The Morgan fingerprint density at radius 1 is 0.880 bits per heavy atom. The number of hydrogen-bond acceptors (Lipinski definition) is 4. The summed E-state index contributed by atoms with van der Waals surface area (Å²) in [4.78, 5) is 20.5. The average molecular weight is 394 g/mol. The zero-order valence-corrected chi connectivity index (χ0v) is 14.9. The van der Waals surface area contributed by atoms with E-state index in [0.29, 0.717) is 32.4 Å². The van der Waals surface area contributed by atoms with Crippen molar-refractivity contribution in [3.8, 4) is 0 Å². The molecule has 3 aromatic rings. The van der Waals surface area contributed by atoms with Gasteiger partial charge in [-0.1, -0.05) is 46.9 Å². The Labute approximate surface area is 159 Å². The molecule has 0 saturated carbocycles. The SMILES string of the molecule is O=C(Nc1ccc(Cl)cc1Cl)c1cnc(Nc2ccccc2Cl)nc1. The molecule has 1 amide bonds. The lowest BCUT2D eigenvalue weighted by Gasteiger charge is -2.09. The second kappa shape index (κ2) is 7.70. The van der Waals surface area contributed by atoms with Gasteiger partial charge in [-0.05, 0) is 30.3 Å². The van der Waals surface area contributed by atoms with E-state index >= 15 is 0 Å². The van der Waals surface area contributed by atoms with Crippen molar-refractivity contribution in [3.05, 3.63) is 75.5 Å². The first-order chi connectivity index (χ1) is 12.0. The Morgan fingerprint density at radius 3 is 2.28 bits per heavy atom. The zero-order chi connectivity index (χ0) is 17.8. The van der Waals surface area contributed by atoms with Crippen molar-refractivity contribution < 1.29 is 4.79 Å². The Kier molecular flexibility index (Phi) is 5.38. The first-order valence-corrected chi connectivity index (χ1v) is 8.26. The molecule has 0 aliphatic heterocycles. The second-order valence-corrected chi connectivity index (χ2v) is 6.23. The highest BCUT2D eigenvalue weighted by atomic mass is 35.5. The van der Waals surface area contributed by atoms with E-state index in [2.05, 4.69) is 20.6 Å². The summed E-state index contributed by atoms with van der Waals surface area (Å²) in [6, 6.07) is 12.0. The highest BCUT2D eigenvalue weighted by Gasteiger charge is 2.10. The number of nitrogens with one attached hydrogen (secondary N) is 2. The van der Waals surface area contributed by atoms with Gasteiger partial charge in [0.15, 0.2) is 0 Å². The monoisotopic (exact) mass is 392 g/mol. The number of carbonyl (C=O) groups excluding carboxylic acids is 1. The highest BCUT2D eigenvalue weighted by molar-refractivity contribution is 6.36. The molecule has 0 radical (unpaired) electrons. The van der Waals surface area contributed by atoms with Crippen LogP contribution in [0.4, 0.5) is 17.3 Å². The molecule has 2 aromatic carbocycles. The first kappa shape index (κ1) is 17.5. The summed E-state index contributed by atoms with van der Waals surface area (Å²) in [6.07, 6.45) is 2.82. The summed E-state index contributed by atoms with van der Waals surface area (Å²) in [6.45, 7) is 0.